The van der Waals surface area contributed by atoms with E-state index < -0.39 is 4.92 Å². The highest BCUT2D eigenvalue weighted by atomic mass is 32.1. The average Bonchev–Trinajstić information content (AvgIpc) is 2.86. The van der Waals surface area contributed by atoms with Crippen molar-refractivity contribution in [2.24, 2.45) is 5.92 Å². The number of nitro groups is 1. The van der Waals surface area contributed by atoms with E-state index in [-0.39, 0.29) is 23.4 Å². The van der Waals surface area contributed by atoms with Gasteiger partial charge in [0.1, 0.15) is 0 Å². The van der Waals surface area contributed by atoms with E-state index >= 15 is 0 Å². The maximum absolute atomic E-state index is 11.8. The lowest BCUT2D eigenvalue weighted by Crippen LogP contribution is -2.29. The first kappa shape index (κ1) is 15.6. The number of thiophene rings is 1. The highest BCUT2D eigenvalue weighted by molar-refractivity contribution is 7.17. The molecule has 19 heavy (non-hydrogen) atoms. The summed E-state index contributed by atoms with van der Waals surface area (Å²) >= 11 is 0.867. The van der Waals surface area contributed by atoms with Crippen molar-refractivity contribution in [3.8, 4) is 0 Å². The SMILES string of the molecule is CCCC(CCO)CNC(=O)c1ccc([N+](=O)[O-])s1. The summed E-state index contributed by atoms with van der Waals surface area (Å²) in [6, 6.07) is 2.79. The molecule has 2 N–H and O–H groups in total. The third-order valence-electron chi connectivity index (χ3n) is 2.78. The smallest absolute Gasteiger partial charge is 0.324 e. The summed E-state index contributed by atoms with van der Waals surface area (Å²) in [5.74, 6) is -0.0500. The molecule has 0 fully saturated rings. The minimum Gasteiger partial charge on any atom is -0.396 e. The van der Waals surface area contributed by atoms with Crippen molar-refractivity contribution >= 4 is 22.2 Å². The number of amides is 1. The molecule has 1 atom stereocenters. The molecule has 1 unspecified atom stereocenters. The van der Waals surface area contributed by atoms with Crippen LogP contribution in [0.25, 0.3) is 0 Å². The molecule has 1 aromatic rings. The Morgan fingerprint density at radius 3 is 2.79 bits per heavy atom. The van der Waals surface area contributed by atoms with Gasteiger partial charge in [-0.3, -0.25) is 14.9 Å². The van der Waals surface area contributed by atoms with Crippen LogP contribution in [0.3, 0.4) is 0 Å². The van der Waals surface area contributed by atoms with Crippen molar-refractivity contribution in [2.75, 3.05) is 13.2 Å². The number of hydrogen-bond acceptors (Lipinski definition) is 5. The van der Waals surface area contributed by atoms with Gasteiger partial charge in [0.15, 0.2) is 0 Å². The van der Waals surface area contributed by atoms with Crippen molar-refractivity contribution in [3.05, 3.63) is 27.1 Å². The third-order valence-corrected chi connectivity index (χ3v) is 3.82. The van der Waals surface area contributed by atoms with Crippen LogP contribution in [-0.4, -0.2) is 29.1 Å². The van der Waals surface area contributed by atoms with Crippen molar-refractivity contribution in [1.29, 1.82) is 0 Å². The second-order valence-corrected chi connectivity index (χ2v) is 5.33. The maximum atomic E-state index is 11.8. The lowest BCUT2D eigenvalue weighted by atomic mass is 10.0. The fraction of sp³-hybridized carbons (Fsp3) is 0.583. The largest absolute Gasteiger partial charge is 0.396 e. The van der Waals surface area contributed by atoms with E-state index in [1.54, 1.807) is 0 Å². The Balaban J connectivity index is 2.51. The molecule has 1 heterocycles. The fourth-order valence-corrected chi connectivity index (χ4v) is 2.55. The summed E-state index contributed by atoms with van der Waals surface area (Å²) in [5.41, 5.74) is 0. The predicted molar refractivity (Wildman–Crippen MR) is 73.4 cm³/mol. The second kappa shape index (κ2) is 7.85. The first-order valence-corrected chi connectivity index (χ1v) is 7.03. The fourth-order valence-electron chi connectivity index (χ4n) is 1.81. The minimum atomic E-state index is -0.507. The standard InChI is InChI=1S/C12H18N2O4S/c1-2-3-9(6-7-15)8-13-12(16)10-4-5-11(19-10)14(17)18/h4-5,9,15H,2-3,6-8H2,1H3,(H,13,16). The Morgan fingerprint density at radius 1 is 1.53 bits per heavy atom. The summed E-state index contributed by atoms with van der Waals surface area (Å²) in [6.45, 7) is 2.64. The number of nitrogens with one attached hydrogen (secondary N) is 1. The Bertz CT molecular complexity index is 427. The molecule has 0 aliphatic carbocycles. The van der Waals surface area contributed by atoms with Gasteiger partial charge in [0.2, 0.25) is 0 Å². The Kier molecular flexibility index (Phi) is 6.44. The quantitative estimate of drug-likeness (QED) is 0.566. The summed E-state index contributed by atoms with van der Waals surface area (Å²) < 4.78 is 0. The van der Waals surface area contributed by atoms with E-state index in [0.717, 1.165) is 24.2 Å². The van der Waals surface area contributed by atoms with Crippen LogP contribution in [0, 0.1) is 16.0 Å². The number of nitrogens with zero attached hydrogens (tertiary/aromatic N) is 1. The predicted octanol–water partition coefficient (Wildman–Crippen LogP) is 2.18. The number of rotatable bonds is 8. The number of carbonyl (C=O) groups is 1. The van der Waals surface area contributed by atoms with E-state index in [0.29, 0.717) is 17.8 Å². The van der Waals surface area contributed by atoms with Gasteiger partial charge >= 0.3 is 5.00 Å². The zero-order chi connectivity index (χ0) is 14.3. The maximum Gasteiger partial charge on any atom is 0.324 e. The molecule has 1 aromatic heterocycles. The van der Waals surface area contributed by atoms with Crippen molar-refractivity contribution in [2.45, 2.75) is 26.2 Å². The zero-order valence-electron chi connectivity index (χ0n) is 10.8. The van der Waals surface area contributed by atoms with E-state index in [1.807, 2.05) is 0 Å². The molecular formula is C12H18N2O4S. The minimum absolute atomic E-state index is 0.0365. The van der Waals surface area contributed by atoms with E-state index in [2.05, 4.69) is 12.2 Å². The highest BCUT2D eigenvalue weighted by Gasteiger charge is 2.16. The molecule has 0 spiro atoms. The molecule has 6 nitrogen and oxygen atoms in total. The van der Waals surface area contributed by atoms with Crippen molar-refractivity contribution < 1.29 is 14.8 Å². The van der Waals surface area contributed by atoms with Crippen molar-refractivity contribution in [3.63, 3.8) is 0 Å². The number of hydrogen-bond donors (Lipinski definition) is 2. The van der Waals surface area contributed by atoms with Gasteiger partial charge in [0.25, 0.3) is 5.91 Å². The summed E-state index contributed by atoms with van der Waals surface area (Å²) in [6.07, 6.45) is 2.58. The molecule has 7 heteroatoms. The number of aliphatic hydroxyl groups is 1. The highest BCUT2D eigenvalue weighted by Crippen LogP contribution is 2.23. The molecule has 0 saturated carbocycles. The van der Waals surface area contributed by atoms with Gasteiger partial charge in [-0.2, -0.15) is 0 Å². The van der Waals surface area contributed by atoms with E-state index in [1.165, 1.54) is 12.1 Å². The van der Waals surface area contributed by atoms with Gasteiger partial charge in [-0.25, -0.2) is 0 Å². The first-order valence-electron chi connectivity index (χ1n) is 6.21. The first-order chi connectivity index (χ1) is 9.08. The second-order valence-electron chi connectivity index (χ2n) is 4.27. The molecule has 1 amide bonds. The van der Waals surface area contributed by atoms with Crippen LogP contribution in [0.4, 0.5) is 5.00 Å². The van der Waals surface area contributed by atoms with Crippen LogP contribution in [-0.2, 0) is 0 Å². The molecule has 0 aliphatic heterocycles. The molecule has 0 aliphatic rings. The lowest BCUT2D eigenvalue weighted by molar-refractivity contribution is -0.380. The number of aliphatic hydroxyl groups excluding tert-OH is 1. The van der Waals surface area contributed by atoms with Crippen LogP contribution >= 0.6 is 11.3 Å². The zero-order valence-corrected chi connectivity index (χ0v) is 11.6. The summed E-state index contributed by atoms with van der Waals surface area (Å²) in [7, 11) is 0. The molecule has 1 rings (SSSR count). The van der Waals surface area contributed by atoms with Crippen LogP contribution < -0.4 is 5.32 Å². The summed E-state index contributed by atoms with van der Waals surface area (Å²) in [4.78, 5) is 22.2. The van der Waals surface area contributed by atoms with Crippen LogP contribution in [0.1, 0.15) is 35.9 Å². The topological polar surface area (TPSA) is 92.5 Å². The third kappa shape index (κ3) is 4.96. The molecular weight excluding hydrogens is 268 g/mol. The van der Waals surface area contributed by atoms with Gasteiger partial charge in [-0.15, -0.1) is 0 Å². The summed E-state index contributed by atoms with van der Waals surface area (Å²) in [5, 5.41) is 22.2. The van der Waals surface area contributed by atoms with Crippen LogP contribution in [0.15, 0.2) is 12.1 Å². The van der Waals surface area contributed by atoms with E-state index in [4.69, 9.17) is 5.11 Å². The van der Waals surface area contributed by atoms with E-state index in [9.17, 15) is 14.9 Å². The Hall–Kier alpha value is -1.47. The van der Waals surface area contributed by atoms with Gasteiger partial charge in [0.05, 0.1) is 9.80 Å². The van der Waals surface area contributed by atoms with Gasteiger partial charge < -0.3 is 10.4 Å². The molecule has 0 saturated heterocycles. The number of carbonyl (C=O) groups excluding carboxylic acids is 1. The van der Waals surface area contributed by atoms with Crippen LogP contribution in [0.5, 0.6) is 0 Å². The molecule has 0 radical (unpaired) electrons. The van der Waals surface area contributed by atoms with Gasteiger partial charge in [-0.05, 0) is 24.8 Å². The van der Waals surface area contributed by atoms with Crippen LogP contribution in [0.2, 0.25) is 0 Å². The van der Waals surface area contributed by atoms with Gasteiger partial charge in [-0.1, -0.05) is 24.7 Å². The van der Waals surface area contributed by atoms with Gasteiger partial charge in [0, 0.05) is 19.2 Å². The lowest BCUT2D eigenvalue weighted by Gasteiger charge is -2.15. The molecule has 0 bridgehead atoms. The van der Waals surface area contributed by atoms with Crippen molar-refractivity contribution in [1.82, 2.24) is 5.32 Å². The Labute approximate surface area is 115 Å². The normalized spacial score (nSPS) is 12.1. The monoisotopic (exact) mass is 286 g/mol. The molecule has 106 valence electrons. The average molecular weight is 286 g/mol. The molecule has 0 aromatic carbocycles. The Morgan fingerprint density at radius 2 is 2.26 bits per heavy atom.